The summed E-state index contributed by atoms with van der Waals surface area (Å²) in [6, 6.07) is 0. The summed E-state index contributed by atoms with van der Waals surface area (Å²) >= 11 is 1.56. The normalized spacial score (nSPS) is 27.2. The summed E-state index contributed by atoms with van der Waals surface area (Å²) in [6.45, 7) is 10.4. The lowest BCUT2D eigenvalue weighted by molar-refractivity contribution is -0.146. The fourth-order valence-corrected chi connectivity index (χ4v) is 5.26. The maximum Gasteiger partial charge on any atom is 0.347 e. The first kappa shape index (κ1) is 19.6. The molecule has 2 atom stereocenters. The summed E-state index contributed by atoms with van der Waals surface area (Å²) in [5.41, 5.74) is 0.614. The second-order valence-corrected chi connectivity index (χ2v) is 8.68. The number of carbonyl (C=O) groups is 2. The third-order valence-electron chi connectivity index (χ3n) is 5.28. The highest BCUT2D eigenvalue weighted by Crippen LogP contribution is 2.76. The molecule has 1 aromatic heterocycles. The summed E-state index contributed by atoms with van der Waals surface area (Å²) in [6.07, 6.45) is 6.45. The van der Waals surface area contributed by atoms with Crippen molar-refractivity contribution >= 4 is 23.3 Å². The molecule has 1 heterocycles. The van der Waals surface area contributed by atoms with E-state index in [2.05, 4.69) is 37.1 Å². The molecule has 27 heavy (non-hydrogen) atoms. The number of esters is 2. The molecule has 0 aliphatic heterocycles. The number of rotatable bonds is 7. The van der Waals surface area contributed by atoms with E-state index in [1.807, 2.05) is 5.38 Å². The minimum atomic E-state index is -0.692. The van der Waals surface area contributed by atoms with E-state index in [-0.39, 0.29) is 29.6 Å². The van der Waals surface area contributed by atoms with Crippen LogP contribution in [-0.4, -0.2) is 30.1 Å². The zero-order valence-electron chi connectivity index (χ0n) is 16.4. The highest BCUT2D eigenvalue weighted by Gasteiger charge is 2.75. The van der Waals surface area contributed by atoms with Crippen molar-refractivity contribution < 1.29 is 19.1 Å². The van der Waals surface area contributed by atoms with Gasteiger partial charge in [0.2, 0.25) is 0 Å². The molecule has 0 bridgehead atoms. The van der Waals surface area contributed by atoms with Crippen LogP contribution in [0.25, 0.3) is 0 Å². The number of nitrogens with zero attached hydrogens (tertiary/aromatic N) is 1. The number of fused-ring (bicyclic) bond motifs is 1. The van der Waals surface area contributed by atoms with Crippen LogP contribution in [0.3, 0.4) is 0 Å². The van der Waals surface area contributed by atoms with Crippen LogP contribution < -0.4 is 5.32 Å². The van der Waals surface area contributed by atoms with E-state index in [4.69, 9.17) is 9.47 Å². The van der Waals surface area contributed by atoms with Crippen LogP contribution in [-0.2, 0) is 24.6 Å². The van der Waals surface area contributed by atoms with Gasteiger partial charge in [-0.25, -0.2) is 14.6 Å². The van der Waals surface area contributed by atoms with Gasteiger partial charge in [0.25, 0.3) is 0 Å². The van der Waals surface area contributed by atoms with Crippen molar-refractivity contribution in [3.05, 3.63) is 40.0 Å². The first-order valence-electron chi connectivity index (χ1n) is 9.17. The maximum atomic E-state index is 12.3. The Labute approximate surface area is 163 Å². The van der Waals surface area contributed by atoms with Crippen molar-refractivity contribution in [3.63, 3.8) is 0 Å². The Morgan fingerprint density at radius 3 is 2.30 bits per heavy atom. The molecule has 7 heteroatoms. The molecule has 3 rings (SSSR count). The Kier molecular flexibility index (Phi) is 4.93. The van der Waals surface area contributed by atoms with Crippen LogP contribution in [0.5, 0.6) is 0 Å². The SMILES string of the molecule is CCOC(=O)C(=CNC1(c2nccs2)C2=CC(C)(C)CC21C)C(=O)OCC. The standard InChI is InChI=1S/C20H26N2O4S/c1-6-25-15(23)13(16(24)26-7-2)11-22-20(17-21-8-9-27-17)14-10-18(3,4)12-19(14,20)5/h8-11,22H,6-7,12H2,1-5H3. The molecule has 0 radical (unpaired) electrons. The van der Waals surface area contributed by atoms with Gasteiger partial charge in [0, 0.05) is 23.2 Å². The molecule has 1 fully saturated rings. The quantitative estimate of drug-likeness (QED) is 0.253. The van der Waals surface area contributed by atoms with E-state index in [1.54, 1.807) is 31.4 Å². The lowest BCUT2D eigenvalue weighted by Gasteiger charge is -2.28. The monoisotopic (exact) mass is 390 g/mol. The van der Waals surface area contributed by atoms with Crippen molar-refractivity contribution in [2.75, 3.05) is 13.2 Å². The minimum Gasteiger partial charge on any atom is -0.462 e. The predicted molar refractivity (Wildman–Crippen MR) is 103 cm³/mol. The van der Waals surface area contributed by atoms with Gasteiger partial charge in [-0.05, 0) is 31.3 Å². The van der Waals surface area contributed by atoms with Crippen molar-refractivity contribution in [1.29, 1.82) is 0 Å². The van der Waals surface area contributed by atoms with Gasteiger partial charge >= 0.3 is 11.9 Å². The molecule has 2 aliphatic rings. The summed E-state index contributed by atoms with van der Waals surface area (Å²) in [4.78, 5) is 29.0. The molecule has 146 valence electrons. The number of hydrogen-bond donors (Lipinski definition) is 1. The largest absolute Gasteiger partial charge is 0.462 e. The van der Waals surface area contributed by atoms with Crippen molar-refractivity contribution in [2.45, 2.75) is 46.6 Å². The van der Waals surface area contributed by atoms with Crippen molar-refractivity contribution in [1.82, 2.24) is 10.3 Å². The van der Waals surface area contributed by atoms with Gasteiger partial charge in [-0.1, -0.05) is 26.8 Å². The predicted octanol–water partition coefficient (Wildman–Crippen LogP) is 3.31. The number of aromatic nitrogens is 1. The first-order valence-corrected chi connectivity index (χ1v) is 10.1. The molecule has 0 amide bonds. The lowest BCUT2D eigenvalue weighted by Crippen LogP contribution is -2.35. The third kappa shape index (κ3) is 3.08. The second-order valence-electron chi connectivity index (χ2n) is 7.79. The van der Waals surface area contributed by atoms with Gasteiger partial charge in [0.1, 0.15) is 10.5 Å². The molecule has 2 aliphatic carbocycles. The number of ether oxygens (including phenoxy) is 2. The Morgan fingerprint density at radius 2 is 1.85 bits per heavy atom. The van der Waals surface area contributed by atoms with Gasteiger partial charge in [0.05, 0.1) is 13.2 Å². The van der Waals surface area contributed by atoms with Crippen LogP contribution in [0.2, 0.25) is 0 Å². The maximum absolute atomic E-state index is 12.3. The average molecular weight is 391 g/mol. The number of nitrogens with one attached hydrogen (secondary N) is 1. The molecule has 6 nitrogen and oxygen atoms in total. The van der Waals surface area contributed by atoms with Crippen molar-refractivity contribution in [3.8, 4) is 0 Å². The van der Waals surface area contributed by atoms with E-state index in [9.17, 15) is 9.59 Å². The van der Waals surface area contributed by atoms with Crippen LogP contribution in [0.1, 0.15) is 46.0 Å². The summed E-state index contributed by atoms with van der Waals surface area (Å²) in [5.74, 6) is -1.38. The fraction of sp³-hybridized carbons (Fsp3) is 0.550. The van der Waals surface area contributed by atoms with Crippen molar-refractivity contribution in [2.24, 2.45) is 10.8 Å². The highest BCUT2D eigenvalue weighted by molar-refractivity contribution is 7.09. The lowest BCUT2D eigenvalue weighted by atomic mass is 9.82. The molecular weight excluding hydrogens is 364 g/mol. The molecule has 0 spiro atoms. The van der Waals surface area contributed by atoms with E-state index in [0.29, 0.717) is 0 Å². The molecule has 1 N–H and O–H groups in total. The molecule has 1 aromatic rings. The minimum absolute atomic E-state index is 0.112. The molecule has 1 saturated carbocycles. The number of carbonyl (C=O) groups excluding carboxylic acids is 2. The van der Waals surface area contributed by atoms with Crippen LogP contribution in [0.15, 0.2) is 35.0 Å². The number of thiazole rings is 1. The molecule has 0 aromatic carbocycles. The van der Waals surface area contributed by atoms with Gasteiger partial charge in [-0.3, -0.25) is 0 Å². The Hall–Kier alpha value is -2.15. The summed E-state index contributed by atoms with van der Waals surface area (Å²) < 4.78 is 10.0. The van der Waals surface area contributed by atoms with E-state index in [1.165, 1.54) is 11.8 Å². The second kappa shape index (κ2) is 6.78. The number of hydrogen-bond acceptors (Lipinski definition) is 7. The van der Waals surface area contributed by atoms with E-state index >= 15 is 0 Å². The van der Waals surface area contributed by atoms with Gasteiger partial charge in [0.15, 0.2) is 5.57 Å². The third-order valence-corrected chi connectivity index (χ3v) is 6.18. The van der Waals surface area contributed by atoms with Crippen LogP contribution in [0, 0.1) is 10.8 Å². The van der Waals surface area contributed by atoms with Gasteiger partial charge in [-0.2, -0.15) is 0 Å². The Morgan fingerprint density at radius 1 is 1.22 bits per heavy atom. The highest BCUT2D eigenvalue weighted by atomic mass is 32.1. The smallest absolute Gasteiger partial charge is 0.347 e. The molecular formula is C20H26N2O4S. The Balaban J connectivity index is 1.98. The van der Waals surface area contributed by atoms with E-state index < -0.39 is 17.5 Å². The van der Waals surface area contributed by atoms with Gasteiger partial charge in [-0.15, -0.1) is 11.3 Å². The van der Waals surface area contributed by atoms with E-state index in [0.717, 1.165) is 11.4 Å². The zero-order valence-corrected chi connectivity index (χ0v) is 17.2. The number of allylic oxidation sites excluding steroid dienone is 1. The summed E-state index contributed by atoms with van der Waals surface area (Å²) in [5, 5.41) is 6.21. The fourth-order valence-electron chi connectivity index (χ4n) is 4.32. The topological polar surface area (TPSA) is 77.5 Å². The van der Waals surface area contributed by atoms with Gasteiger partial charge < -0.3 is 14.8 Å². The zero-order chi connectivity index (χ0) is 19.9. The Bertz CT molecular complexity index is 792. The summed E-state index contributed by atoms with van der Waals surface area (Å²) in [7, 11) is 0. The van der Waals surface area contributed by atoms with Crippen LogP contribution in [0.4, 0.5) is 0 Å². The first-order chi connectivity index (χ1) is 12.7. The molecule has 0 saturated heterocycles. The molecule has 2 unspecified atom stereocenters. The van der Waals surface area contributed by atoms with Crippen LogP contribution >= 0.6 is 11.3 Å². The average Bonchev–Trinajstić information content (AvgIpc) is 3.00.